The maximum Gasteiger partial charge on any atom is 0.407 e. The fraction of sp³-hybridized carbons (Fsp3) is 0.867. The van der Waals surface area contributed by atoms with E-state index in [1.807, 2.05) is 39.5 Å². The Hall–Kier alpha value is -1.30. The number of carbonyl (C=O) groups excluding carboxylic acids is 1. The van der Waals surface area contributed by atoms with Crippen LogP contribution in [0.25, 0.3) is 0 Å². The lowest BCUT2D eigenvalue weighted by molar-refractivity contribution is -0.142. The van der Waals surface area contributed by atoms with Gasteiger partial charge < -0.3 is 15.2 Å². The summed E-state index contributed by atoms with van der Waals surface area (Å²) in [5, 5.41) is 12.1. The first kappa shape index (κ1) is 17.8. The average Bonchev–Trinajstić information content (AvgIpc) is 2.73. The van der Waals surface area contributed by atoms with Gasteiger partial charge in [0.25, 0.3) is 0 Å². The number of nitrogens with zero attached hydrogens (tertiary/aromatic N) is 1. The van der Waals surface area contributed by atoms with E-state index in [0.717, 1.165) is 13.0 Å². The zero-order valence-corrected chi connectivity index (χ0v) is 13.7. The molecule has 1 fully saturated rings. The summed E-state index contributed by atoms with van der Waals surface area (Å²) < 4.78 is 5.27. The van der Waals surface area contributed by atoms with Crippen LogP contribution in [0.3, 0.4) is 0 Å². The first-order chi connectivity index (χ1) is 9.60. The molecule has 1 aliphatic rings. The number of hydrogen-bond acceptors (Lipinski definition) is 4. The van der Waals surface area contributed by atoms with E-state index < -0.39 is 23.7 Å². The molecule has 6 nitrogen and oxygen atoms in total. The molecule has 0 bridgehead atoms. The molecule has 1 heterocycles. The van der Waals surface area contributed by atoms with Gasteiger partial charge in [-0.15, -0.1) is 0 Å². The highest BCUT2D eigenvalue weighted by molar-refractivity contribution is 5.73. The number of carbonyl (C=O) groups is 2. The molecule has 0 radical (unpaired) electrons. The number of aliphatic carboxylic acids is 1. The van der Waals surface area contributed by atoms with Crippen LogP contribution in [-0.2, 0) is 9.53 Å². The van der Waals surface area contributed by atoms with Gasteiger partial charge in [0.1, 0.15) is 11.6 Å². The zero-order valence-electron chi connectivity index (χ0n) is 13.7. The molecule has 0 aromatic rings. The minimum atomic E-state index is -0.785. The van der Waals surface area contributed by atoms with Crippen molar-refractivity contribution in [3.05, 3.63) is 0 Å². The normalized spacial score (nSPS) is 21.3. The van der Waals surface area contributed by atoms with Crippen molar-refractivity contribution < 1.29 is 19.4 Å². The van der Waals surface area contributed by atoms with E-state index in [1.165, 1.54) is 0 Å². The molecule has 21 heavy (non-hydrogen) atoms. The quantitative estimate of drug-likeness (QED) is 0.812. The Morgan fingerprint density at radius 3 is 2.48 bits per heavy atom. The van der Waals surface area contributed by atoms with Gasteiger partial charge >= 0.3 is 12.1 Å². The Morgan fingerprint density at radius 2 is 2.00 bits per heavy atom. The van der Waals surface area contributed by atoms with Gasteiger partial charge in [0.05, 0.1) is 0 Å². The standard InChI is InChI=1S/C15H28N2O4/c1-10(2)11(16-14(20)21-15(3,4)5)9-17-8-6-7-12(17)13(18)19/h10-12H,6-9H2,1-5H3,(H,16,20)(H,18,19)/t11-,12+/m1/s1. The van der Waals surface area contributed by atoms with Crippen LogP contribution in [0.5, 0.6) is 0 Å². The second kappa shape index (κ2) is 7.11. The summed E-state index contributed by atoms with van der Waals surface area (Å²) in [6.07, 6.45) is 1.10. The minimum absolute atomic E-state index is 0.125. The fourth-order valence-electron chi connectivity index (χ4n) is 2.46. The predicted octanol–water partition coefficient (Wildman–Crippen LogP) is 2.08. The van der Waals surface area contributed by atoms with Crippen LogP contribution in [0, 0.1) is 5.92 Å². The van der Waals surface area contributed by atoms with Crippen molar-refractivity contribution in [3.8, 4) is 0 Å². The van der Waals surface area contributed by atoms with Gasteiger partial charge in [0.2, 0.25) is 0 Å². The number of alkyl carbamates (subject to hydrolysis) is 1. The van der Waals surface area contributed by atoms with Gasteiger partial charge in [-0.2, -0.15) is 0 Å². The summed E-state index contributed by atoms with van der Waals surface area (Å²) in [7, 11) is 0. The van der Waals surface area contributed by atoms with Crippen molar-refractivity contribution in [2.75, 3.05) is 13.1 Å². The molecular formula is C15H28N2O4. The smallest absolute Gasteiger partial charge is 0.407 e. The Kier molecular flexibility index (Phi) is 6.01. The lowest BCUT2D eigenvalue weighted by atomic mass is 10.0. The number of ether oxygens (including phenoxy) is 1. The SMILES string of the molecule is CC(C)[C@@H](CN1CCC[C@H]1C(=O)O)NC(=O)OC(C)(C)C. The van der Waals surface area contributed by atoms with Crippen molar-refractivity contribution in [2.45, 2.75) is 65.1 Å². The first-order valence-corrected chi connectivity index (χ1v) is 7.56. The van der Waals surface area contributed by atoms with E-state index in [-0.39, 0.29) is 12.0 Å². The minimum Gasteiger partial charge on any atom is -0.480 e. The Bertz CT molecular complexity index is 376. The fourth-order valence-corrected chi connectivity index (χ4v) is 2.46. The van der Waals surface area contributed by atoms with Crippen molar-refractivity contribution in [1.29, 1.82) is 0 Å². The Labute approximate surface area is 126 Å². The molecule has 1 amide bonds. The van der Waals surface area contributed by atoms with Crippen LogP contribution in [0.15, 0.2) is 0 Å². The summed E-state index contributed by atoms with van der Waals surface area (Å²) in [6.45, 7) is 10.8. The molecule has 1 aliphatic heterocycles. The summed E-state index contributed by atoms with van der Waals surface area (Å²) in [6, 6.07) is -0.563. The molecule has 0 spiro atoms. The highest BCUT2D eigenvalue weighted by Gasteiger charge is 2.33. The van der Waals surface area contributed by atoms with E-state index in [4.69, 9.17) is 4.74 Å². The molecule has 0 saturated carbocycles. The molecular weight excluding hydrogens is 272 g/mol. The van der Waals surface area contributed by atoms with Gasteiger partial charge in [-0.05, 0) is 46.1 Å². The molecule has 122 valence electrons. The number of likely N-dealkylation sites (tertiary alicyclic amines) is 1. The van der Waals surface area contributed by atoms with Crippen LogP contribution in [0.4, 0.5) is 4.79 Å². The van der Waals surface area contributed by atoms with Gasteiger partial charge in [-0.25, -0.2) is 4.79 Å². The molecule has 1 rings (SSSR count). The van der Waals surface area contributed by atoms with Crippen molar-refractivity contribution >= 4 is 12.1 Å². The second-order valence-electron chi connectivity index (χ2n) is 6.99. The summed E-state index contributed by atoms with van der Waals surface area (Å²) in [4.78, 5) is 25.0. The first-order valence-electron chi connectivity index (χ1n) is 7.56. The van der Waals surface area contributed by atoms with Crippen LogP contribution >= 0.6 is 0 Å². The number of rotatable bonds is 5. The number of hydrogen-bond donors (Lipinski definition) is 2. The van der Waals surface area contributed by atoms with Crippen molar-refractivity contribution in [3.63, 3.8) is 0 Å². The van der Waals surface area contributed by atoms with Crippen LogP contribution in [0.2, 0.25) is 0 Å². The third kappa shape index (κ3) is 5.91. The molecule has 0 unspecified atom stereocenters. The molecule has 2 N–H and O–H groups in total. The van der Waals surface area contributed by atoms with E-state index >= 15 is 0 Å². The number of amides is 1. The summed E-state index contributed by atoms with van der Waals surface area (Å²) in [5.74, 6) is -0.583. The topological polar surface area (TPSA) is 78.9 Å². The van der Waals surface area contributed by atoms with E-state index in [0.29, 0.717) is 13.0 Å². The predicted molar refractivity (Wildman–Crippen MR) is 80.2 cm³/mol. The maximum absolute atomic E-state index is 11.9. The van der Waals surface area contributed by atoms with Gasteiger partial charge in [-0.3, -0.25) is 9.69 Å². The lowest BCUT2D eigenvalue weighted by Crippen LogP contribution is -2.50. The summed E-state index contributed by atoms with van der Waals surface area (Å²) >= 11 is 0. The monoisotopic (exact) mass is 300 g/mol. The largest absolute Gasteiger partial charge is 0.480 e. The van der Waals surface area contributed by atoms with Crippen molar-refractivity contribution in [1.82, 2.24) is 10.2 Å². The van der Waals surface area contributed by atoms with E-state index in [9.17, 15) is 14.7 Å². The van der Waals surface area contributed by atoms with Gasteiger partial charge in [0.15, 0.2) is 0 Å². The maximum atomic E-state index is 11.9. The second-order valence-corrected chi connectivity index (χ2v) is 6.99. The molecule has 0 aromatic carbocycles. The third-order valence-corrected chi connectivity index (χ3v) is 3.59. The average molecular weight is 300 g/mol. The van der Waals surface area contributed by atoms with Gasteiger partial charge in [0, 0.05) is 12.6 Å². The lowest BCUT2D eigenvalue weighted by Gasteiger charge is -2.30. The van der Waals surface area contributed by atoms with E-state index in [2.05, 4.69) is 5.32 Å². The zero-order chi connectivity index (χ0) is 16.2. The molecule has 0 aromatic heterocycles. The third-order valence-electron chi connectivity index (χ3n) is 3.59. The number of nitrogens with one attached hydrogen (secondary N) is 1. The Balaban J connectivity index is 2.62. The highest BCUT2D eigenvalue weighted by atomic mass is 16.6. The molecule has 6 heteroatoms. The van der Waals surface area contributed by atoms with Gasteiger partial charge in [-0.1, -0.05) is 13.8 Å². The van der Waals surface area contributed by atoms with Crippen molar-refractivity contribution in [2.24, 2.45) is 5.92 Å². The number of carboxylic acids is 1. The summed E-state index contributed by atoms with van der Waals surface area (Å²) in [5.41, 5.74) is -0.539. The van der Waals surface area contributed by atoms with Crippen LogP contribution < -0.4 is 5.32 Å². The molecule has 2 atom stereocenters. The number of carboxylic acid groups (broad SMARTS) is 1. The van der Waals surface area contributed by atoms with Crippen LogP contribution in [-0.4, -0.2) is 52.8 Å². The Morgan fingerprint density at radius 1 is 1.38 bits per heavy atom. The van der Waals surface area contributed by atoms with E-state index in [1.54, 1.807) is 0 Å². The van der Waals surface area contributed by atoms with Crippen LogP contribution in [0.1, 0.15) is 47.5 Å². The molecule has 1 saturated heterocycles. The highest BCUT2D eigenvalue weighted by Crippen LogP contribution is 2.19. The molecule has 0 aliphatic carbocycles.